The molecule has 1 aromatic carbocycles. The first-order valence-electron chi connectivity index (χ1n) is 8.99. The molecule has 3 aromatic rings. The monoisotopic (exact) mass is 431 g/mol. The fourth-order valence-corrected chi connectivity index (χ4v) is 5.41. The first-order valence-corrected chi connectivity index (χ1v) is 10.6. The van der Waals surface area contributed by atoms with Crippen LogP contribution in [-0.2, 0) is 6.54 Å². The van der Waals surface area contributed by atoms with E-state index in [1.807, 2.05) is 31.2 Å². The molecule has 0 saturated heterocycles. The highest BCUT2D eigenvalue weighted by Gasteiger charge is 2.35. The van der Waals surface area contributed by atoms with Gasteiger partial charge in [0.05, 0.1) is 10.6 Å². The van der Waals surface area contributed by atoms with Gasteiger partial charge in [0.1, 0.15) is 0 Å². The summed E-state index contributed by atoms with van der Waals surface area (Å²) in [7, 11) is 0. The number of amides is 1. The zero-order valence-electron chi connectivity index (χ0n) is 15.3. The predicted octanol–water partition coefficient (Wildman–Crippen LogP) is 5.67. The highest BCUT2D eigenvalue weighted by atomic mass is 35.5. The molecule has 0 spiro atoms. The molecule has 28 heavy (non-hydrogen) atoms. The molecular weight excluding hydrogens is 413 g/mol. The lowest BCUT2D eigenvalue weighted by Crippen LogP contribution is -2.14. The van der Waals surface area contributed by atoms with Gasteiger partial charge in [-0.05, 0) is 61.6 Å². The Morgan fingerprint density at radius 1 is 1.21 bits per heavy atom. The molecule has 7 heteroatoms. The van der Waals surface area contributed by atoms with Crippen molar-refractivity contribution in [1.82, 2.24) is 9.55 Å². The summed E-state index contributed by atoms with van der Waals surface area (Å²) in [6, 6.07) is 9.44. The second kappa shape index (κ2) is 7.82. The maximum absolute atomic E-state index is 12.3. The van der Waals surface area contributed by atoms with Gasteiger partial charge in [0.25, 0.3) is 5.91 Å². The smallest absolute Gasteiger partial charge is 0.250 e. The van der Waals surface area contributed by atoms with Crippen LogP contribution in [-0.4, -0.2) is 15.5 Å². The molecular formula is C21H19Cl2N3OS. The minimum atomic E-state index is -0.376. The Labute approximate surface area is 178 Å². The summed E-state index contributed by atoms with van der Waals surface area (Å²) in [5, 5.41) is 2.20. The largest absolute Gasteiger partial charge is 0.366 e. The number of primary amides is 1. The summed E-state index contributed by atoms with van der Waals surface area (Å²) >= 11 is 14.0. The number of benzene rings is 1. The van der Waals surface area contributed by atoms with Crippen LogP contribution in [0.4, 0.5) is 0 Å². The van der Waals surface area contributed by atoms with Crippen molar-refractivity contribution in [2.24, 2.45) is 5.73 Å². The molecule has 0 radical (unpaired) electrons. The van der Waals surface area contributed by atoms with Gasteiger partial charge in [-0.3, -0.25) is 9.78 Å². The normalized spacial score (nSPS) is 13.7. The van der Waals surface area contributed by atoms with Crippen LogP contribution in [0.15, 0.2) is 52.6 Å². The summed E-state index contributed by atoms with van der Waals surface area (Å²) in [5.74, 6) is -0.00380. The van der Waals surface area contributed by atoms with E-state index in [2.05, 4.69) is 9.55 Å². The molecule has 1 aliphatic carbocycles. The summed E-state index contributed by atoms with van der Waals surface area (Å²) in [6.07, 6.45) is 5.69. The number of aromatic nitrogens is 2. The van der Waals surface area contributed by atoms with E-state index in [9.17, 15) is 4.79 Å². The van der Waals surface area contributed by atoms with E-state index in [-0.39, 0.29) is 5.91 Å². The van der Waals surface area contributed by atoms with E-state index in [0.29, 0.717) is 28.1 Å². The second-order valence-corrected chi connectivity index (χ2v) is 8.90. The molecule has 1 fully saturated rings. The molecule has 2 heterocycles. The van der Waals surface area contributed by atoms with Crippen LogP contribution in [0.25, 0.3) is 0 Å². The minimum Gasteiger partial charge on any atom is -0.366 e. The number of carbonyl (C=O) groups is 1. The average molecular weight is 432 g/mol. The highest BCUT2D eigenvalue weighted by molar-refractivity contribution is 7.99. The molecule has 0 bridgehead atoms. The third kappa shape index (κ3) is 3.93. The molecule has 4 nitrogen and oxygen atoms in total. The van der Waals surface area contributed by atoms with Crippen LogP contribution < -0.4 is 5.73 Å². The minimum absolute atomic E-state index is 0.372. The van der Waals surface area contributed by atoms with Gasteiger partial charge in [0.2, 0.25) is 0 Å². The van der Waals surface area contributed by atoms with Crippen molar-refractivity contribution in [2.75, 3.05) is 0 Å². The maximum Gasteiger partial charge on any atom is 0.250 e. The number of hydrogen-bond donors (Lipinski definition) is 1. The van der Waals surface area contributed by atoms with Crippen molar-refractivity contribution in [3.05, 3.63) is 75.2 Å². The zero-order chi connectivity index (χ0) is 19.8. The van der Waals surface area contributed by atoms with Gasteiger partial charge in [-0.15, -0.1) is 0 Å². The number of pyridine rings is 1. The van der Waals surface area contributed by atoms with Crippen molar-refractivity contribution < 1.29 is 4.79 Å². The summed E-state index contributed by atoms with van der Waals surface area (Å²) in [6.45, 7) is 2.60. The van der Waals surface area contributed by atoms with E-state index in [4.69, 9.17) is 28.9 Å². The first kappa shape index (κ1) is 19.4. The van der Waals surface area contributed by atoms with Gasteiger partial charge < -0.3 is 10.3 Å². The third-order valence-electron chi connectivity index (χ3n) is 4.88. The highest BCUT2D eigenvalue weighted by Crippen LogP contribution is 2.49. The van der Waals surface area contributed by atoms with E-state index >= 15 is 0 Å². The molecule has 1 saturated carbocycles. The Balaban J connectivity index is 1.86. The van der Waals surface area contributed by atoms with Crippen LogP contribution in [0.2, 0.25) is 10.0 Å². The topological polar surface area (TPSA) is 60.9 Å². The Bertz CT molecular complexity index is 1030. The number of hydrogen-bond acceptors (Lipinski definition) is 3. The van der Waals surface area contributed by atoms with Crippen molar-refractivity contribution in [2.45, 2.75) is 42.1 Å². The average Bonchev–Trinajstić information content (AvgIpc) is 3.43. The first-order chi connectivity index (χ1) is 13.4. The Morgan fingerprint density at radius 3 is 2.43 bits per heavy atom. The van der Waals surface area contributed by atoms with Gasteiger partial charge in [-0.1, -0.05) is 35.0 Å². The van der Waals surface area contributed by atoms with E-state index in [1.54, 1.807) is 30.2 Å². The number of carbonyl (C=O) groups excluding carboxylic acids is 1. The number of nitrogens with two attached hydrogens (primary N) is 1. The summed E-state index contributed by atoms with van der Waals surface area (Å²) < 4.78 is 2.17. The Kier molecular flexibility index (Phi) is 5.41. The van der Waals surface area contributed by atoms with Crippen LogP contribution in [0, 0.1) is 6.92 Å². The molecule has 2 N–H and O–H groups in total. The second-order valence-electron chi connectivity index (χ2n) is 6.97. The molecule has 0 aliphatic heterocycles. The van der Waals surface area contributed by atoms with Crippen molar-refractivity contribution in [3.8, 4) is 0 Å². The molecule has 1 aliphatic rings. The summed E-state index contributed by atoms with van der Waals surface area (Å²) in [5.41, 5.74) is 9.49. The van der Waals surface area contributed by atoms with Gasteiger partial charge >= 0.3 is 0 Å². The van der Waals surface area contributed by atoms with Crippen LogP contribution >= 0.6 is 35.0 Å². The standard InChI is InChI=1S/C21H19Cl2N3OS/c1-12-18(20(24)27)19(14-2-3-14)21(26(12)11-13-4-6-25-7-5-13)28-17-9-15(22)8-16(23)10-17/h4-10,14H,2-3,11H2,1H3,(H2,24,27). The number of rotatable bonds is 6. The molecule has 0 unspecified atom stereocenters. The van der Waals surface area contributed by atoms with Crippen molar-refractivity contribution >= 4 is 40.9 Å². The quantitative estimate of drug-likeness (QED) is 0.546. The van der Waals surface area contributed by atoms with Gasteiger partial charge in [0.15, 0.2) is 0 Å². The van der Waals surface area contributed by atoms with Crippen molar-refractivity contribution in [1.29, 1.82) is 0 Å². The molecule has 144 valence electrons. The maximum atomic E-state index is 12.3. The molecule has 2 aromatic heterocycles. The lowest BCUT2D eigenvalue weighted by atomic mass is 10.1. The predicted molar refractivity (Wildman–Crippen MR) is 114 cm³/mol. The van der Waals surface area contributed by atoms with Crippen LogP contribution in [0.3, 0.4) is 0 Å². The Morgan fingerprint density at radius 2 is 1.86 bits per heavy atom. The SMILES string of the molecule is Cc1c(C(N)=O)c(C2CC2)c(Sc2cc(Cl)cc(Cl)c2)n1Cc1ccncc1. The van der Waals surface area contributed by atoms with Crippen LogP contribution in [0.1, 0.15) is 45.9 Å². The van der Waals surface area contributed by atoms with Crippen molar-refractivity contribution in [3.63, 3.8) is 0 Å². The fraction of sp³-hybridized carbons (Fsp3) is 0.238. The zero-order valence-corrected chi connectivity index (χ0v) is 17.6. The van der Waals surface area contributed by atoms with Gasteiger partial charge in [0, 0.05) is 45.1 Å². The third-order valence-corrected chi connectivity index (χ3v) is 6.43. The number of nitrogens with zero attached hydrogens (tertiary/aromatic N) is 2. The van der Waals surface area contributed by atoms with Gasteiger partial charge in [-0.2, -0.15) is 0 Å². The van der Waals surface area contributed by atoms with E-state index in [0.717, 1.165) is 39.6 Å². The number of halogens is 2. The Hall–Kier alpha value is -1.95. The molecule has 0 atom stereocenters. The van der Waals surface area contributed by atoms with E-state index in [1.165, 1.54) is 0 Å². The van der Waals surface area contributed by atoms with E-state index < -0.39 is 0 Å². The summed E-state index contributed by atoms with van der Waals surface area (Å²) in [4.78, 5) is 17.3. The van der Waals surface area contributed by atoms with Gasteiger partial charge in [-0.25, -0.2) is 0 Å². The lowest BCUT2D eigenvalue weighted by molar-refractivity contribution is 0.0998. The molecule has 1 amide bonds. The molecule has 4 rings (SSSR count). The van der Waals surface area contributed by atoms with Crippen LogP contribution in [0.5, 0.6) is 0 Å². The fourth-order valence-electron chi connectivity index (χ4n) is 3.47. The lowest BCUT2D eigenvalue weighted by Gasteiger charge is -2.13.